The van der Waals surface area contributed by atoms with Crippen LogP contribution in [-0.2, 0) is 16.0 Å². The second kappa shape index (κ2) is 6.60. The number of fused-ring (bicyclic) bond motifs is 5. The lowest BCUT2D eigenvalue weighted by Gasteiger charge is -2.36. The zero-order chi connectivity index (χ0) is 18.3. The Balaban J connectivity index is 1.61. The lowest BCUT2D eigenvalue weighted by atomic mass is 9.70. The first kappa shape index (κ1) is 16.8. The van der Waals surface area contributed by atoms with E-state index in [1.165, 1.54) is 22.8 Å². The zero-order valence-electron chi connectivity index (χ0n) is 15.1. The van der Waals surface area contributed by atoms with Gasteiger partial charge in [0.2, 0.25) is 0 Å². The first-order valence-corrected chi connectivity index (χ1v) is 9.22. The zero-order valence-corrected chi connectivity index (χ0v) is 15.1. The number of esters is 1. The summed E-state index contributed by atoms with van der Waals surface area (Å²) < 4.78 is 5.14. The maximum atomic E-state index is 11.2. The number of rotatable bonds is 4. The summed E-state index contributed by atoms with van der Waals surface area (Å²) in [5.74, 6) is 0.555. The average Bonchev–Trinajstić information content (AvgIpc) is 2.60. The fourth-order valence-electron chi connectivity index (χ4n) is 4.45. The average molecular weight is 348 g/mol. The molecule has 0 aliphatic heterocycles. The van der Waals surface area contributed by atoms with E-state index in [4.69, 9.17) is 15.5 Å². The SMILES string of the molecule is C=CC(=O)OCCC1=CC2Cc3nc4cc(C)ccc4c(N)c3C(C1)C2. The van der Waals surface area contributed by atoms with Gasteiger partial charge in [-0.25, -0.2) is 4.79 Å². The first-order valence-electron chi connectivity index (χ1n) is 9.22. The van der Waals surface area contributed by atoms with E-state index in [2.05, 4.69) is 37.8 Å². The van der Waals surface area contributed by atoms with E-state index in [-0.39, 0.29) is 5.97 Å². The Morgan fingerprint density at radius 2 is 2.27 bits per heavy atom. The van der Waals surface area contributed by atoms with Crippen LogP contribution in [0.2, 0.25) is 0 Å². The number of aromatic nitrogens is 1. The molecule has 0 radical (unpaired) electrons. The smallest absolute Gasteiger partial charge is 0.330 e. The van der Waals surface area contributed by atoms with E-state index in [1.807, 2.05) is 0 Å². The van der Waals surface area contributed by atoms with Crippen molar-refractivity contribution in [2.24, 2.45) is 5.92 Å². The van der Waals surface area contributed by atoms with Crippen molar-refractivity contribution in [2.75, 3.05) is 12.3 Å². The molecule has 0 amide bonds. The lowest BCUT2D eigenvalue weighted by Crippen LogP contribution is -2.25. The molecule has 4 nitrogen and oxygen atoms in total. The van der Waals surface area contributed by atoms with Crippen LogP contribution in [0.5, 0.6) is 0 Å². The van der Waals surface area contributed by atoms with Crippen LogP contribution in [0, 0.1) is 12.8 Å². The molecule has 2 bridgehead atoms. The fourth-order valence-corrected chi connectivity index (χ4v) is 4.45. The Morgan fingerprint density at radius 1 is 1.42 bits per heavy atom. The lowest BCUT2D eigenvalue weighted by molar-refractivity contribution is -0.137. The van der Waals surface area contributed by atoms with Crippen molar-refractivity contribution in [2.45, 2.75) is 38.5 Å². The molecule has 2 aliphatic carbocycles. The predicted molar refractivity (Wildman–Crippen MR) is 104 cm³/mol. The molecular formula is C22H24N2O2. The Bertz CT molecular complexity index is 929. The number of allylic oxidation sites excluding steroid dienone is 1. The highest BCUT2D eigenvalue weighted by Gasteiger charge is 2.33. The second-order valence-corrected chi connectivity index (χ2v) is 7.45. The molecule has 2 N–H and O–H groups in total. The van der Waals surface area contributed by atoms with Gasteiger partial charge < -0.3 is 10.5 Å². The molecule has 0 saturated carbocycles. The third-order valence-corrected chi connectivity index (χ3v) is 5.57. The second-order valence-electron chi connectivity index (χ2n) is 7.45. The maximum absolute atomic E-state index is 11.2. The maximum Gasteiger partial charge on any atom is 0.330 e. The van der Waals surface area contributed by atoms with Crippen molar-refractivity contribution < 1.29 is 9.53 Å². The highest BCUT2D eigenvalue weighted by molar-refractivity contribution is 5.93. The van der Waals surface area contributed by atoms with Crippen molar-refractivity contribution in [1.29, 1.82) is 0 Å². The van der Waals surface area contributed by atoms with Gasteiger partial charge in [-0.2, -0.15) is 0 Å². The Labute approximate surface area is 153 Å². The minimum atomic E-state index is -0.359. The third kappa shape index (κ3) is 3.00. The molecule has 1 aromatic heterocycles. The molecule has 0 fully saturated rings. The van der Waals surface area contributed by atoms with Crippen LogP contribution in [0.1, 0.15) is 42.0 Å². The number of hydrogen-bond donors (Lipinski definition) is 1. The van der Waals surface area contributed by atoms with Crippen LogP contribution < -0.4 is 5.73 Å². The van der Waals surface area contributed by atoms with E-state index >= 15 is 0 Å². The summed E-state index contributed by atoms with van der Waals surface area (Å²) in [6, 6.07) is 6.30. The summed E-state index contributed by atoms with van der Waals surface area (Å²) in [7, 11) is 0. The van der Waals surface area contributed by atoms with E-state index in [0.717, 1.165) is 48.0 Å². The van der Waals surface area contributed by atoms with E-state index in [9.17, 15) is 4.79 Å². The van der Waals surface area contributed by atoms with Crippen molar-refractivity contribution in [3.05, 3.63) is 59.3 Å². The summed E-state index contributed by atoms with van der Waals surface area (Å²) in [4.78, 5) is 16.2. The Morgan fingerprint density at radius 3 is 3.08 bits per heavy atom. The number of carbonyl (C=O) groups is 1. The van der Waals surface area contributed by atoms with Gasteiger partial charge in [0.25, 0.3) is 0 Å². The minimum Gasteiger partial charge on any atom is -0.462 e. The van der Waals surface area contributed by atoms with Crippen LogP contribution in [-0.4, -0.2) is 17.6 Å². The number of nitrogen functional groups attached to an aromatic ring is 1. The van der Waals surface area contributed by atoms with Gasteiger partial charge in [-0.3, -0.25) is 4.98 Å². The normalized spacial score (nSPS) is 21.0. The fraction of sp³-hybridized carbons (Fsp3) is 0.364. The van der Waals surface area contributed by atoms with Gasteiger partial charge in [0.15, 0.2) is 0 Å². The van der Waals surface area contributed by atoms with Crippen LogP contribution in [0.15, 0.2) is 42.5 Å². The number of anilines is 1. The van der Waals surface area contributed by atoms with Crippen molar-refractivity contribution in [3.63, 3.8) is 0 Å². The number of pyridine rings is 1. The summed E-state index contributed by atoms with van der Waals surface area (Å²) in [6.07, 6.45) is 7.39. The van der Waals surface area contributed by atoms with Gasteiger partial charge in [0.1, 0.15) is 0 Å². The number of aryl methyl sites for hydroxylation is 1. The Kier molecular flexibility index (Phi) is 4.27. The predicted octanol–water partition coefficient (Wildman–Crippen LogP) is 4.22. The minimum absolute atomic E-state index is 0.359. The van der Waals surface area contributed by atoms with E-state index < -0.39 is 0 Å². The largest absolute Gasteiger partial charge is 0.462 e. The molecule has 1 heterocycles. The number of nitrogens with zero attached hydrogens (tertiary/aromatic N) is 1. The van der Waals surface area contributed by atoms with Gasteiger partial charge >= 0.3 is 5.97 Å². The summed E-state index contributed by atoms with van der Waals surface area (Å²) >= 11 is 0. The molecule has 2 unspecified atom stereocenters. The van der Waals surface area contributed by atoms with Crippen molar-refractivity contribution >= 4 is 22.6 Å². The first-order chi connectivity index (χ1) is 12.5. The van der Waals surface area contributed by atoms with E-state index in [1.54, 1.807) is 0 Å². The molecule has 2 atom stereocenters. The Hall–Kier alpha value is -2.62. The quantitative estimate of drug-likeness (QED) is 0.510. The van der Waals surface area contributed by atoms with Crippen molar-refractivity contribution in [3.8, 4) is 0 Å². The monoisotopic (exact) mass is 348 g/mol. The molecule has 1 aromatic carbocycles. The molecule has 2 aromatic rings. The van der Waals surface area contributed by atoms with Gasteiger partial charge in [0, 0.05) is 34.8 Å². The van der Waals surface area contributed by atoms with E-state index in [0.29, 0.717) is 18.4 Å². The van der Waals surface area contributed by atoms with Crippen LogP contribution in [0.4, 0.5) is 5.69 Å². The number of ether oxygens (including phenoxy) is 1. The highest BCUT2D eigenvalue weighted by Crippen LogP contribution is 2.47. The molecule has 26 heavy (non-hydrogen) atoms. The van der Waals surface area contributed by atoms with Gasteiger partial charge in [0.05, 0.1) is 12.1 Å². The van der Waals surface area contributed by atoms with Crippen LogP contribution >= 0.6 is 0 Å². The molecule has 134 valence electrons. The number of nitrogens with two attached hydrogens (primary N) is 1. The number of carbonyl (C=O) groups excluding carboxylic acids is 1. The number of hydrogen-bond acceptors (Lipinski definition) is 4. The molecular weight excluding hydrogens is 324 g/mol. The highest BCUT2D eigenvalue weighted by atomic mass is 16.5. The molecule has 4 rings (SSSR count). The van der Waals surface area contributed by atoms with Gasteiger partial charge in [-0.15, -0.1) is 0 Å². The molecule has 0 spiro atoms. The standard InChI is InChI=1S/C22H24N2O2/c1-3-20(25)26-7-6-14-9-15-11-16(10-14)21-19(12-15)24-18-8-13(2)4-5-17(18)22(21)23/h3-5,8-9,15-16H,1,6-7,10-12H2,2H3,(H2,23,24). The van der Waals surface area contributed by atoms with Crippen LogP contribution in [0.25, 0.3) is 10.9 Å². The topological polar surface area (TPSA) is 65.2 Å². The van der Waals surface area contributed by atoms with Gasteiger partial charge in [-0.1, -0.05) is 30.4 Å². The van der Waals surface area contributed by atoms with Crippen molar-refractivity contribution in [1.82, 2.24) is 4.98 Å². The summed E-state index contributed by atoms with van der Waals surface area (Å²) in [5, 5.41) is 1.06. The summed E-state index contributed by atoms with van der Waals surface area (Å²) in [5.41, 5.74) is 13.5. The third-order valence-electron chi connectivity index (χ3n) is 5.57. The molecule has 0 saturated heterocycles. The van der Waals surface area contributed by atoms with Gasteiger partial charge in [-0.05, 0) is 49.7 Å². The number of benzene rings is 1. The van der Waals surface area contributed by atoms with Crippen LogP contribution in [0.3, 0.4) is 0 Å². The molecule has 4 heteroatoms. The summed E-state index contributed by atoms with van der Waals surface area (Å²) in [6.45, 7) is 5.92. The molecule has 2 aliphatic rings.